The Bertz CT molecular complexity index is 1280. The highest BCUT2D eigenvalue weighted by Crippen LogP contribution is 2.31. The highest BCUT2D eigenvalue weighted by molar-refractivity contribution is 7.99. The molecule has 1 aliphatic heterocycles. The van der Waals surface area contributed by atoms with Crippen LogP contribution in [0.15, 0.2) is 58.2 Å². The van der Waals surface area contributed by atoms with Crippen LogP contribution in [0.2, 0.25) is 5.02 Å². The number of hydrogen-bond acceptors (Lipinski definition) is 8. The minimum Gasteiger partial charge on any atom is -0.411 e. The van der Waals surface area contributed by atoms with Gasteiger partial charge in [-0.15, -0.1) is 10.2 Å². The summed E-state index contributed by atoms with van der Waals surface area (Å²) in [7, 11) is 1.97. The summed E-state index contributed by atoms with van der Waals surface area (Å²) in [5.74, 6) is 1.75. The molecule has 1 aliphatic rings. The summed E-state index contributed by atoms with van der Waals surface area (Å²) >= 11 is 7.13. The molecule has 3 heterocycles. The number of rotatable bonds is 4. The van der Waals surface area contributed by atoms with Crippen LogP contribution in [0.4, 0.5) is 11.6 Å². The number of nitrogens with zero attached hydrogens (tertiary/aromatic N) is 6. The zero-order chi connectivity index (χ0) is 22.1. The smallest absolute Gasteiger partial charge is 0.277 e. The molecule has 1 amide bonds. The molecular weight excluding hydrogens is 448 g/mol. The lowest BCUT2D eigenvalue weighted by Gasteiger charge is -2.22. The molecule has 2 aromatic carbocycles. The van der Waals surface area contributed by atoms with E-state index in [1.807, 2.05) is 48.3 Å². The van der Waals surface area contributed by atoms with E-state index in [9.17, 15) is 4.79 Å². The van der Waals surface area contributed by atoms with Gasteiger partial charge in [0.1, 0.15) is 0 Å². The van der Waals surface area contributed by atoms with Crippen molar-refractivity contribution in [3.05, 3.63) is 53.6 Å². The van der Waals surface area contributed by atoms with Gasteiger partial charge >= 0.3 is 0 Å². The third kappa shape index (κ3) is 4.13. The fourth-order valence-corrected chi connectivity index (χ4v) is 4.28. The Labute approximate surface area is 193 Å². The number of aromatic nitrogens is 4. The van der Waals surface area contributed by atoms with Crippen LogP contribution in [0.5, 0.6) is 0 Å². The van der Waals surface area contributed by atoms with Crippen molar-refractivity contribution in [3.8, 4) is 11.5 Å². The zero-order valence-corrected chi connectivity index (χ0v) is 18.8. The van der Waals surface area contributed by atoms with Crippen LogP contribution >= 0.6 is 23.4 Å². The number of anilines is 2. The summed E-state index contributed by atoms with van der Waals surface area (Å²) in [4.78, 5) is 26.4. The highest BCUT2D eigenvalue weighted by atomic mass is 35.5. The van der Waals surface area contributed by atoms with E-state index in [0.717, 1.165) is 29.6 Å². The number of halogens is 1. The minimum absolute atomic E-state index is 0.0811. The van der Waals surface area contributed by atoms with Crippen molar-refractivity contribution in [1.82, 2.24) is 20.2 Å². The minimum atomic E-state index is -0.0811. The van der Waals surface area contributed by atoms with Crippen LogP contribution in [0.25, 0.3) is 22.5 Å². The van der Waals surface area contributed by atoms with Gasteiger partial charge in [-0.25, -0.2) is 9.97 Å². The SMILES string of the molecule is CN1CCCN(C(=O)CSc2nnc(-c3ccc(Cl)cc3)o2)c2nc3ccccc3nc21. The van der Waals surface area contributed by atoms with Crippen LogP contribution in [0.3, 0.4) is 0 Å². The highest BCUT2D eigenvalue weighted by Gasteiger charge is 2.27. The third-order valence-electron chi connectivity index (χ3n) is 5.14. The summed E-state index contributed by atoms with van der Waals surface area (Å²) in [6.45, 7) is 1.37. The standard InChI is InChI=1S/C22H19ClN6O2S/c1-28-11-4-12-29(20-19(28)24-16-5-2-3-6-17(16)25-20)18(30)13-32-22-27-26-21(31-22)14-7-9-15(23)10-8-14/h2-3,5-10H,4,11-13H2,1H3. The average Bonchev–Trinajstić information content (AvgIpc) is 3.22. The number of thioether (sulfide) groups is 1. The first-order valence-corrected chi connectivity index (χ1v) is 11.5. The Balaban J connectivity index is 1.35. The van der Waals surface area contributed by atoms with Crippen LogP contribution in [-0.2, 0) is 4.79 Å². The first-order chi connectivity index (χ1) is 15.6. The zero-order valence-electron chi connectivity index (χ0n) is 17.2. The Morgan fingerprint density at radius 2 is 1.75 bits per heavy atom. The van der Waals surface area contributed by atoms with E-state index < -0.39 is 0 Å². The Morgan fingerprint density at radius 1 is 1.03 bits per heavy atom. The van der Waals surface area contributed by atoms with Crippen molar-refractivity contribution < 1.29 is 9.21 Å². The van der Waals surface area contributed by atoms with Gasteiger partial charge < -0.3 is 9.32 Å². The molecule has 0 radical (unpaired) electrons. The lowest BCUT2D eigenvalue weighted by molar-refractivity contribution is -0.116. The molecule has 8 nitrogen and oxygen atoms in total. The lowest BCUT2D eigenvalue weighted by Crippen LogP contribution is -2.33. The van der Waals surface area contributed by atoms with Crippen molar-refractivity contribution >= 4 is 51.9 Å². The van der Waals surface area contributed by atoms with Gasteiger partial charge in [0.25, 0.3) is 5.22 Å². The summed E-state index contributed by atoms with van der Waals surface area (Å²) in [5, 5.41) is 9.09. The molecule has 0 spiro atoms. The fraction of sp³-hybridized carbons (Fsp3) is 0.227. The second-order valence-corrected chi connectivity index (χ2v) is 8.71. The number of hydrogen-bond donors (Lipinski definition) is 0. The summed E-state index contributed by atoms with van der Waals surface area (Å²) in [6.07, 6.45) is 0.822. The first kappa shape index (κ1) is 20.7. The Kier molecular flexibility index (Phi) is 5.67. The molecule has 0 atom stereocenters. The van der Waals surface area contributed by atoms with Gasteiger partial charge in [0.05, 0.1) is 16.8 Å². The Morgan fingerprint density at radius 3 is 2.50 bits per heavy atom. The molecule has 4 aromatic rings. The summed E-state index contributed by atoms with van der Waals surface area (Å²) in [5.41, 5.74) is 2.34. The van der Waals surface area contributed by atoms with Crippen LogP contribution in [0, 0.1) is 0 Å². The fourth-order valence-electron chi connectivity index (χ4n) is 3.52. The van der Waals surface area contributed by atoms with Crippen molar-refractivity contribution in [2.24, 2.45) is 0 Å². The van der Waals surface area contributed by atoms with Crippen molar-refractivity contribution in [2.75, 3.05) is 35.7 Å². The molecule has 32 heavy (non-hydrogen) atoms. The van der Waals surface area contributed by atoms with Crippen molar-refractivity contribution in [3.63, 3.8) is 0 Å². The molecule has 10 heteroatoms. The van der Waals surface area contributed by atoms with Gasteiger partial charge in [-0.1, -0.05) is 35.5 Å². The molecule has 0 aliphatic carbocycles. The molecule has 2 aromatic heterocycles. The maximum atomic E-state index is 13.2. The van der Waals surface area contributed by atoms with E-state index in [0.29, 0.717) is 34.3 Å². The van der Waals surface area contributed by atoms with Gasteiger partial charge in [0, 0.05) is 30.7 Å². The van der Waals surface area contributed by atoms with Gasteiger partial charge in [0.2, 0.25) is 11.8 Å². The molecule has 0 bridgehead atoms. The van der Waals surface area contributed by atoms with Gasteiger partial charge in [-0.3, -0.25) is 9.69 Å². The molecule has 5 rings (SSSR count). The predicted octanol–water partition coefficient (Wildman–Crippen LogP) is 4.30. The second kappa shape index (κ2) is 8.76. The van der Waals surface area contributed by atoms with Crippen LogP contribution in [0.1, 0.15) is 6.42 Å². The first-order valence-electron chi connectivity index (χ1n) is 10.1. The molecule has 0 saturated carbocycles. The number of carbonyl (C=O) groups is 1. The quantitative estimate of drug-likeness (QED) is 0.411. The third-order valence-corrected chi connectivity index (χ3v) is 6.20. The van der Waals surface area contributed by atoms with Crippen LogP contribution < -0.4 is 9.80 Å². The topological polar surface area (TPSA) is 88.2 Å². The van der Waals surface area contributed by atoms with Gasteiger partial charge in [-0.05, 0) is 42.8 Å². The number of carbonyl (C=O) groups excluding carboxylic acids is 1. The van der Waals surface area contributed by atoms with Gasteiger partial charge in [0.15, 0.2) is 11.6 Å². The van der Waals surface area contributed by atoms with E-state index >= 15 is 0 Å². The average molecular weight is 467 g/mol. The van der Waals surface area contributed by atoms with Crippen molar-refractivity contribution in [2.45, 2.75) is 11.6 Å². The summed E-state index contributed by atoms with van der Waals surface area (Å²) in [6, 6.07) is 14.8. The van der Waals surface area contributed by atoms with E-state index in [-0.39, 0.29) is 11.7 Å². The van der Waals surface area contributed by atoms with E-state index in [2.05, 4.69) is 10.2 Å². The Hall–Kier alpha value is -3.17. The predicted molar refractivity (Wildman–Crippen MR) is 125 cm³/mol. The van der Waals surface area contributed by atoms with Gasteiger partial charge in [-0.2, -0.15) is 0 Å². The molecule has 162 valence electrons. The molecule has 0 fully saturated rings. The van der Waals surface area contributed by atoms with E-state index in [4.69, 9.17) is 26.0 Å². The molecule has 0 saturated heterocycles. The number of benzene rings is 2. The normalized spacial score (nSPS) is 13.8. The van der Waals surface area contributed by atoms with E-state index in [1.165, 1.54) is 11.8 Å². The maximum Gasteiger partial charge on any atom is 0.277 e. The monoisotopic (exact) mass is 466 g/mol. The maximum absolute atomic E-state index is 13.2. The largest absolute Gasteiger partial charge is 0.411 e. The molecule has 0 N–H and O–H groups in total. The lowest BCUT2D eigenvalue weighted by atomic mass is 10.2. The van der Waals surface area contributed by atoms with E-state index in [1.54, 1.807) is 17.0 Å². The molecular formula is C22H19ClN6O2S. The molecule has 0 unspecified atom stereocenters. The number of para-hydroxylation sites is 2. The van der Waals surface area contributed by atoms with Crippen molar-refractivity contribution in [1.29, 1.82) is 0 Å². The van der Waals surface area contributed by atoms with Crippen LogP contribution in [-0.4, -0.2) is 52.0 Å². The summed E-state index contributed by atoms with van der Waals surface area (Å²) < 4.78 is 5.71. The number of amides is 1. The number of fused-ring (bicyclic) bond motifs is 2. The second-order valence-electron chi connectivity index (χ2n) is 7.35.